The molecule has 0 aliphatic heterocycles. The predicted octanol–water partition coefficient (Wildman–Crippen LogP) is 2.09. The number of nitrogens with one attached hydrogen (secondary N) is 1. The van der Waals surface area contributed by atoms with Crippen molar-refractivity contribution in [1.82, 2.24) is 5.32 Å². The maximum Gasteiger partial charge on any atom is 0.222 e. The van der Waals surface area contributed by atoms with Gasteiger partial charge in [-0.25, -0.2) is 0 Å². The van der Waals surface area contributed by atoms with Crippen molar-refractivity contribution in [3.05, 3.63) is 0 Å². The molecule has 0 spiro atoms. The van der Waals surface area contributed by atoms with Crippen molar-refractivity contribution in [2.45, 2.75) is 58.0 Å². The van der Waals surface area contributed by atoms with Crippen molar-refractivity contribution in [2.24, 2.45) is 23.2 Å². The summed E-state index contributed by atoms with van der Waals surface area (Å²) in [5.74, 6) is 1.61. The van der Waals surface area contributed by atoms with Crippen LogP contribution in [-0.2, 0) is 4.79 Å². The first-order valence-electron chi connectivity index (χ1n) is 7.40. The maximum atomic E-state index is 11.7. The number of hydrogen-bond donors (Lipinski definition) is 2. The highest BCUT2D eigenvalue weighted by molar-refractivity contribution is 5.77. The largest absolute Gasteiger partial charge is 0.390 e. The molecule has 102 valence electrons. The summed E-state index contributed by atoms with van der Waals surface area (Å²) in [7, 11) is 0. The van der Waals surface area contributed by atoms with E-state index in [-0.39, 0.29) is 17.2 Å². The zero-order valence-corrected chi connectivity index (χ0v) is 11.5. The second-order valence-electron chi connectivity index (χ2n) is 7.56. The Balaban J connectivity index is 1.70. The van der Waals surface area contributed by atoms with Gasteiger partial charge in [0, 0.05) is 12.5 Å². The van der Waals surface area contributed by atoms with Gasteiger partial charge in [0.2, 0.25) is 5.91 Å². The third kappa shape index (κ3) is 2.07. The van der Waals surface area contributed by atoms with Crippen LogP contribution in [0.2, 0.25) is 0 Å². The van der Waals surface area contributed by atoms with E-state index in [1.165, 1.54) is 19.3 Å². The lowest BCUT2D eigenvalue weighted by atomic mass is 9.48. The van der Waals surface area contributed by atoms with Gasteiger partial charge in [-0.1, -0.05) is 13.8 Å². The lowest BCUT2D eigenvalue weighted by Crippen LogP contribution is -2.58. The molecule has 1 amide bonds. The Morgan fingerprint density at radius 3 is 2.39 bits per heavy atom. The molecule has 4 aliphatic carbocycles. The van der Waals surface area contributed by atoms with Crippen LogP contribution in [0.25, 0.3) is 0 Å². The van der Waals surface area contributed by atoms with E-state index in [0.717, 1.165) is 25.8 Å². The van der Waals surface area contributed by atoms with Crippen molar-refractivity contribution < 1.29 is 9.90 Å². The van der Waals surface area contributed by atoms with Crippen LogP contribution >= 0.6 is 0 Å². The van der Waals surface area contributed by atoms with Crippen LogP contribution in [0.3, 0.4) is 0 Å². The van der Waals surface area contributed by atoms with E-state index < -0.39 is 5.60 Å². The van der Waals surface area contributed by atoms with Gasteiger partial charge in [0.05, 0.1) is 5.60 Å². The van der Waals surface area contributed by atoms with Crippen LogP contribution in [0.15, 0.2) is 0 Å². The minimum atomic E-state index is -0.410. The first-order valence-corrected chi connectivity index (χ1v) is 7.40. The fourth-order valence-corrected chi connectivity index (χ4v) is 5.09. The molecule has 2 atom stereocenters. The van der Waals surface area contributed by atoms with Crippen LogP contribution in [0.5, 0.6) is 0 Å². The van der Waals surface area contributed by atoms with Gasteiger partial charge in [-0.15, -0.1) is 0 Å². The summed E-state index contributed by atoms with van der Waals surface area (Å²) in [6.45, 7) is 4.64. The molecule has 4 bridgehead atoms. The quantitative estimate of drug-likeness (QED) is 0.807. The average molecular weight is 251 g/mol. The van der Waals surface area contributed by atoms with E-state index in [9.17, 15) is 9.90 Å². The summed E-state index contributed by atoms with van der Waals surface area (Å²) in [6.07, 6.45) is 6.65. The Morgan fingerprint density at radius 2 is 1.89 bits per heavy atom. The molecule has 2 N–H and O–H groups in total. The van der Waals surface area contributed by atoms with E-state index >= 15 is 0 Å². The Labute approximate surface area is 109 Å². The fraction of sp³-hybridized carbons (Fsp3) is 0.933. The number of hydrogen-bond acceptors (Lipinski definition) is 2. The van der Waals surface area contributed by atoms with Gasteiger partial charge in [-0.3, -0.25) is 4.79 Å². The smallest absolute Gasteiger partial charge is 0.222 e. The topological polar surface area (TPSA) is 49.3 Å². The van der Waals surface area contributed by atoms with E-state index in [0.29, 0.717) is 11.8 Å². The van der Waals surface area contributed by atoms with Crippen molar-refractivity contribution in [1.29, 1.82) is 0 Å². The molecule has 2 unspecified atom stereocenters. The van der Waals surface area contributed by atoms with Gasteiger partial charge in [-0.05, 0) is 55.8 Å². The molecule has 0 aromatic carbocycles. The zero-order valence-electron chi connectivity index (χ0n) is 11.5. The Hall–Kier alpha value is -0.570. The minimum Gasteiger partial charge on any atom is -0.390 e. The van der Waals surface area contributed by atoms with Crippen molar-refractivity contribution in [3.8, 4) is 0 Å². The Bertz CT molecular complexity index is 350. The number of rotatable bonds is 3. The van der Waals surface area contributed by atoms with E-state index in [2.05, 4.69) is 5.32 Å². The maximum absolute atomic E-state index is 11.7. The van der Waals surface area contributed by atoms with E-state index in [1.807, 2.05) is 13.8 Å². The Morgan fingerprint density at radius 1 is 1.28 bits per heavy atom. The zero-order chi connectivity index (χ0) is 13.0. The third-order valence-electron chi connectivity index (χ3n) is 5.31. The van der Waals surface area contributed by atoms with Crippen LogP contribution in [0.4, 0.5) is 0 Å². The second kappa shape index (κ2) is 3.96. The lowest BCUT2D eigenvalue weighted by Gasteiger charge is -2.60. The molecule has 0 aromatic rings. The molecule has 0 saturated heterocycles. The molecule has 4 aliphatic rings. The van der Waals surface area contributed by atoms with Gasteiger partial charge < -0.3 is 10.4 Å². The highest BCUT2D eigenvalue weighted by Crippen LogP contribution is 2.61. The number of carbonyl (C=O) groups is 1. The number of carbonyl (C=O) groups excluding carboxylic acids is 1. The van der Waals surface area contributed by atoms with E-state index in [4.69, 9.17) is 0 Å². The minimum absolute atomic E-state index is 0.0574. The molecule has 3 heteroatoms. The number of amides is 1. The van der Waals surface area contributed by atoms with Gasteiger partial charge >= 0.3 is 0 Å². The van der Waals surface area contributed by atoms with Gasteiger partial charge in [0.15, 0.2) is 0 Å². The van der Waals surface area contributed by atoms with Crippen LogP contribution < -0.4 is 5.32 Å². The van der Waals surface area contributed by atoms with Crippen LogP contribution in [-0.4, -0.2) is 23.2 Å². The Kier molecular flexibility index (Phi) is 2.74. The third-order valence-corrected chi connectivity index (χ3v) is 5.31. The highest BCUT2D eigenvalue weighted by Gasteiger charge is 2.56. The number of aliphatic hydroxyl groups is 1. The molecular weight excluding hydrogens is 226 g/mol. The van der Waals surface area contributed by atoms with E-state index in [1.54, 1.807) is 0 Å². The highest BCUT2D eigenvalue weighted by atomic mass is 16.3. The molecule has 18 heavy (non-hydrogen) atoms. The molecule has 4 rings (SSSR count). The summed E-state index contributed by atoms with van der Waals surface area (Å²) in [6, 6.07) is 0. The summed E-state index contributed by atoms with van der Waals surface area (Å²) in [4.78, 5) is 11.7. The first-order chi connectivity index (χ1) is 8.40. The SMILES string of the molecule is CC(C)C(=O)NCC12CC3CC(CC(O)(C3)C1)C2. The van der Waals surface area contributed by atoms with Gasteiger partial charge in [-0.2, -0.15) is 0 Å². The predicted molar refractivity (Wildman–Crippen MR) is 69.9 cm³/mol. The van der Waals surface area contributed by atoms with Gasteiger partial charge in [0.1, 0.15) is 0 Å². The molecule has 4 fully saturated rings. The summed E-state index contributed by atoms with van der Waals surface area (Å²) >= 11 is 0. The summed E-state index contributed by atoms with van der Waals surface area (Å²) in [5, 5.41) is 13.7. The van der Waals surface area contributed by atoms with Gasteiger partial charge in [0.25, 0.3) is 0 Å². The van der Waals surface area contributed by atoms with Crippen molar-refractivity contribution in [3.63, 3.8) is 0 Å². The lowest BCUT2D eigenvalue weighted by molar-refractivity contribution is -0.163. The monoisotopic (exact) mass is 251 g/mol. The molecule has 0 heterocycles. The first kappa shape index (κ1) is 12.5. The molecule has 4 saturated carbocycles. The standard InChI is InChI=1S/C15H25NO2/c1-10(2)13(17)16-9-14-4-11-3-12(5-14)7-15(18,6-11)8-14/h10-12,18H,3-9H2,1-2H3,(H,16,17). The molecule has 0 radical (unpaired) electrons. The molecule has 3 nitrogen and oxygen atoms in total. The fourth-order valence-electron chi connectivity index (χ4n) is 5.09. The summed E-state index contributed by atoms with van der Waals surface area (Å²) < 4.78 is 0. The van der Waals surface area contributed by atoms with Crippen molar-refractivity contribution in [2.75, 3.05) is 6.54 Å². The molecular formula is C15H25NO2. The van der Waals surface area contributed by atoms with Crippen LogP contribution in [0.1, 0.15) is 52.4 Å². The second-order valence-corrected chi connectivity index (χ2v) is 7.56. The average Bonchev–Trinajstić information content (AvgIpc) is 2.22. The molecule has 0 aromatic heterocycles. The van der Waals surface area contributed by atoms with Crippen LogP contribution in [0, 0.1) is 23.2 Å². The summed E-state index contributed by atoms with van der Waals surface area (Å²) in [5.41, 5.74) is -0.212. The van der Waals surface area contributed by atoms with Crippen molar-refractivity contribution >= 4 is 5.91 Å². The normalized spacial score (nSPS) is 45.6.